The van der Waals surface area contributed by atoms with Gasteiger partial charge in [0.15, 0.2) is 0 Å². The van der Waals surface area contributed by atoms with E-state index < -0.39 is 131 Å². The summed E-state index contributed by atoms with van der Waals surface area (Å²) in [7, 11) is 0. The molecule has 0 fully saturated rings. The average molecular weight is 717 g/mol. The minimum atomic E-state index is -0.985. The van der Waals surface area contributed by atoms with E-state index in [0.29, 0.717) is 32.5 Å². The maximum Gasteiger partial charge on any atom is 0.0645 e. The van der Waals surface area contributed by atoms with Gasteiger partial charge in [-0.05, 0) is 119 Å². The molecule has 10 aromatic carbocycles. The summed E-state index contributed by atoms with van der Waals surface area (Å²) in [6.45, 7) is 0. The quantitative estimate of drug-likeness (QED) is 0.148. The summed E-state index contributed by atoms with van der Waals surface area (Å²) in [6.07, 6.45) is 0. The van der Waals surface area contributed by atoms with Crippen LogP contribution in [0.1, 0.15) is 23.3 Å². The van der Waals surface area contributed by atoms with Crippen LogP contribution in [0.15, 0.2) is 224 Å². The van der Waals surface area contributed by atoms with Gasteiger partial charge in [0, 0.05) is 17.1 Å². The molecule has 0 unspecified atom stereocenters. The van der Waals surface area contributed by atoms with Crippen molar-refractivity contribution in [2.75, 3.05) is 4.90 Å². The molecule has 0 amide bonds. The molecule has 0 aliphatic heterocycles. The summed E-state index contributed by atoms with van der Waals surface area (Å²) in [6, 6.07) is 23.1. The molecule has 1 nitrogen and oxygen atoms in total. The second-order valence-corrected chi connectivity index (χ2v) is 12.8. The third-order valence-corrected chi connectivity index (χ3v) is 9.55. The van der Waals surface area contributed by atoms with Crippen molar-refractivity contribution in [1.29, 1.82) is 0 Å². The van der Waals surface area contributed by atoms with Gasteiger partial charge in [0.2, 0.25) is 0 Å². The summed E-state index contributed by atoms with van der Waals surface area (Å²) in [4.78, 5) is 0.693. The first kappa shape index (κ1) is 19.2. The second-order valence-electron chi connectivity index (χ2n) is 12.8. The van der Waals surface area contributed by atoms with Gasteiger partial charge >= 0.3 is 0 Å². The van der Waals surface area contributed by atoms with Gasteiger partial charge in [-0.15, -0.1) is 0 Å². The maximum atomic E-state index is 9.76. The van der Waals surface area contributed by atoms with E-state index in [1.54, 1.807) is 30.3 Å². The molecule has 0 aromatic heterocycles. The lowest BCUT2D eigenvalue weighted by molar-refractivity contribution is 1.28. The molecule has 55 heavy (non-hydrogen) atoms. The summed E-state index contributed by atoms with van der Waals surface area (Å²) < 4.78 is 157. The van der Waals surface area contributed by atoms with Crippen molar-refractivity contribution in [2.45, 2.75) is 0 Å². The molecule has 10 aromatic rings. The molecule has 0 aliphatic rings. The fourth-order valence-electron chi connectivity index (χ4n) is 7.01. The second kappa shape index (κ2) is 14.0. The largest absolute Gasteiger partial charge is 0.311 e. The Bertz CT molecular complexity index is 3850. The van der Waals surface area contributed by atoms with Crippen molar-refractivity contribution in [2.24, 2.45) is 0 Å². The molecular weight excluding hydrogens is 663 g/mol. The lowest BCUT2D eigenvalue weighted by Gasteiger charge is -2.26. The minimum Gasteiger partial charge on any atom is -0.311 e. The molecule has 10 rings (SSSR count). The number of rotatable bonds is 7. The third kappa shape index (κ3) is 6.02. The predicted molar refractivity (Wildman–Crippen MR) is 235 cm³/mol. The van der Waals surface area contributed by atoms with Crippen LogP contribution >= 0.6 is 0 Å². The van der Waals surface area contributed by atoms with Gasteiger partial charge in [-0.2, -0.15) is 0 Å². The highest BCUT2D eigenvalue weighted by molar-refractivity contribution is 6.13. The lowest BCUT2D eigenvalue weighted by Crippen LogP contribution is -2.09. The number of hydrogen-bond donors (Lipinski definition) is 0. The SMILES string of the molecule is [2H]c1c([2H])c([2H])c(-c2c([2H])c([2H])c(N(c3c([2H])c([2H])c(-c4ccc5ccccc5c4-c4ccccc4)c([2H])c3[2H])c3c([2H])c([2H])c(-c4cc5ccccc5c5ccccc45)c([2H])c3[2H])c([2H])c2[2H])c([2H])c1[2H]. The monoisotopic (exact) mass is 716 g/mol. The maximum absolute atomic E-state index is 9.76. The molecule has 0 bridgehead atoms. The highest BCUT2D eigenvalue weighted by Gasteiger charge is 2.17. The molecule has 0 saturated heterocycles. The normalized spacial score (nSPS) is 15.6. The van der Waals surface area contributed by atoms with E-state index in [4.69, 9.17) is 6.85 Å². The lowest BCUT2D eigenvalue weighted by atomic mass is 9.90. The summed E-state index contributed by atoms with van der Waals surface area (Å²) >= 11 is 0. The molecule has 258 valence electrons. The van der Waals surface area contributed by atoms with E-state index in [0.717, 1.165) is 26.9 Å². The van der Waals surface area contributed by atoms with Crippen LogP contribution < -0.4 is 4.90 Å². The van der Waals surface area contributed by atoms with Gasteiger partial charge in [0.1, 0.15) is 0 Å². The average Bonchev–Trinajstić information content (AvgIpc) is 3.39. The van der Waals surface area contributed by atoms with Crippen LogP contribution in [0.25, 0.3) is 76.8 Å². The van der Waals surface area contributed by atoms with Crippen LogP contribution in [0, 0.1) is 0 Å². The Morgan fingerprint density at radius 1 is 0.309 bits per heavy atom. The zero-order valence-corrected chi connectivity index (χ0v) is 29.0. The smallest absolute Gasteiger partial charge is 0.0645 e. The topological polar surface area (TPSA) is 3.24 Å². The third-order valence-electron chi connectivity index (χ3n) is 9.55. The standard InChI is InChI=1S/C54H37N/c1-3-13-38(14-4-1)39-23-30-45(31-24-39)55(47-34-27-42(28-35-47)53-37-44-18-8-9-19-48(44)51-21-11-12-22-52(51)53)46-32-25-41(26-33-46)50-36-29-40-15-7-10-20-49(40)54(50)43-16-5-2-6-17-43/h1-37H/i1D,3D,4D,13D,14D,23D,24D,25D,26D,27D,28D,30D,31D,32D,33D,34D,35D. The van der Waals surface area contributed by atoms with E-state index in [-0.39, 0.29) is 11.1 Å². The van der Waals surface area contributed by atoms with E-state index in [1.807, 2.05) is 91.0 Å². The van der Waals surface area contributed by atoms with Crippen molar-refractivity contribution < 1.29 is 23.3 Å². The Hall–Kier alpha value is -7.22. The molecule has 0 saturated carbocycles. The van der Waals surface area contributed by atoms with Gasteiger partial charge in [-0.25, -0.2) is 0 Å². The first-order chi connectivity index (χ1) is 34.4. The molecule has 0 aliphatic carbocycles. The minimum absolute atomic E-state index is 0.133. The highest BCUT2D eigenvalue weighted by atomic mass is 15.1. The van der Waals surface area contributed by atoms with Crippen molar-refractivity contribution in [3.05, 3.63) is 224 Å². The van der Waals surface area contributed by atoms with Gasteiger partial charge in [-0.1, -0.05) is 182 Å². The Balaban J connectivity index is 1.31. The summed E-state index contributed by atoms with van der Waals surface area (Å²) in [5, 5.41) is 4.55. The van der Waals surface area contributed by atoms with Crippen LogP contribution in [0.2, 0.25) is 0 Å². The number of benzene rings is 10. The Morgan fingerprint density at radius 2 is 0.800 bits per heavy atom. The van der Waals surface area contributed by atoms with Crippen LogP contribution in [0.3, 0.4) is 0 Å². The fourth-order valence-corrected chi connectivity index (χ4v) is 7.01. The van der Waals surface area contributed by atoms with Crippen LogP contribution in [-0.2, 0) is 0 Å². The van der Waals surface area contributed by atoms with Crippen LogP contribution in [0.4, 0.5) is 17.1 Å². The Labute approximate surface area is 345 Å². The predicted octanol–water partition coefficient (Wildman–Crippen LogP) is 15.3. The Kier molecular flexibility index (Phi) is 4.88. The van der Waals surface area contributed by atoms with E-state index in [2.05, 4.69) is 0 Å². The number of nitrogens with zero attached hydrogens (tertiary/aromatic N) is 1. The molecule has 1 heteroatoms. The van der Waals surface area contributed by atoms with Crippen LogP contribution in [-0.4, -0.2) is 0 Å². The summed E-state index contributed by atoms with van der Waals surface area (Å²) in [5.41, 5.74) is -1.96. The van der Waals surface area contributed by atoms with Gasteiger partial charge in [0.05, 0.1) is 23.3 Å². The van der Waals surface area contributed by atoms with Gasteiger partial charge < -0.3 is 4.90 Å². The highest BCUT2D eigenvalue weighted by Crippen LogP contribution is 2.42. The summed E-state index contributed by atoms with van der Waals surface area (Å²) in [5.74, 6) is 0. The Morgan fingerprint density at radius 3 is 1.45 bits per heavy atom. The van der Waals surface area contributed by atoms with Crippen LogP contribution in [0.5, 0.6) is 0 Å². The molecule has 0 heterocycles. The van der Waals surface area contributed by atoms with Gasteiger partial charge in [-0.3, -0.25) is 0 Å². The fraction of sp³-hybridized carbons (Fsp3) is 0. The molecule has 0 N–H and O–H groups in total. The van der Waals surface area contributed by atoms with E-state index in [9.17, 15) is 16.4 Å². The number of fused-ring (bicyclic) bond motifs is 4. The van der Waals surface area contributed by atoms with Crippen molar-refractivity contribution in [3.63, 3.8) is 0 Å². The van der Waals surface area contributed by atoms with E-state index in [1.165, 1.54) is 0 Å². The number of anilines is 3. The van der Waals surface area contributed by atoms with E-state index >= 15 is 0 Å². The first-order valence-electron chi connectivity index (χ1n) is 26.1. The van der Waals surface area contributed by atoms with Crippen molar-refractivity contribution in [1.82, 2.24) is 0 Å². The zero-order chi connectivity index (χ0) is 51.3. The first-order valence-corrected chi connectivity index (χ1v) is 17.6. The zero-order valence-electron chi connectivity index (χ0n) is 46.0. The number of hydrogen-bond acceptors (Lipinski definition) is 1. The molecule has 0 spiro atoms. The van der Waals surface area contributed by atoms with Crippen molar-refractivity contribution in [3.8, 4) is 44.5 Å². The molecule has 0 atom stereocenters. The molecular formula is C54H37N. The van der Waals surface area contributed by atoms with Gasteiger partial charge in [0.25, 0.3) is 0 Å². The van der Waals surface area contributed by atoms with Crippen molar-refractivity contribution >= 4 is 49.4 Å². The molecule has 0 radical (unpaired) electrons.